The number of carbonyl (C=O) groups is 1. The number of amides is 1. The number of alkyl halides is 3. The normalized spacial score (nSPS) is 12.3. The van der Waals surface area contributed by atoms with E-state index in [0.717, 1.165) is 28.6 Å². The third-order valence-electron chi connectivity index (χ3n) is 5.25. The molecule has 8 heteroatoms. The molecule has 178 valence electrons. The summed E-state index contributed by atoms with van der Waals surface area (Å²) >= 11 is 0. The van der Waals surface area contributed by atoms with Crippen LogP contribution >= 0.6 is 0 Å². The summed E-state index contributed by atoms with van der Waals surface area (Å²) in [6.45, 7) is 2.40. The lowest BCUT2D eigenvalue weighted by molar-refractivity contribution is -0.137. The van der Waals surface area contributed by atoms with Gasteiger partial charge in [-0.3, -0.25) is 9.89 Å². The van der Waals surface area contributed by atoms with Gasteiger partial charge < -0.3 is 10.1 Å². The minimum atomic E-state index is -4.42. The SMILES string of the molecule is CCOc1ccc(/C(=C\C=C\C(=O)Nc2cccc3[nH]ncc23)c2ccc(C(F)(F)F)cc2)cc1. The van der Waals surface area contributed by atoms with E-state index in [0.29, 0.717) is 29.2 Å². The van der Waals surface area contributed by atoms with E-state index in [9.17, 15) is 18.0 Å². The first-order valence-electron chi connectivity index (χ1n) is 10.9. The fourth-order valence-electron chi connectivity index (χ4n) is 3.58. The minimum Gasteiger partial charge on any atom is -0.494 e. The Morgan fingerprint density at radius 3 is 2.37 bits per heavy atom. The van der Waals surface area contributed by atoms with Crippen LogP contribution in [0.1, 0.15) is 23.6 Å². The molecule has 0 unspecified atom stereocenters. The molecule has 0 spiro atoms. The second kappa shape index (κ2) is 10.3. The van der Waals surface area contributed by atoms with Crippen LogP contribution < -0.4 is 10.1 Å². The van der Waals surface area contributed by atoms with Gasteiger partial charge in [0.1, 0.15) is 5.75 Å². The molecule has 1 aromatic heterocycles. The van der Waals surface area contributed by atoms with Crippen molar-refractivity contribution in [3.05, 3.63) is 108 Å². The van der Waals surface area contributed by atoms with E-state index < -0.39 is 11.7 Å². The standard InChI is InChI=1S/C27H22F3N3O2/c1-2-35-21-15-11-19(12-16-21)22(18-9-13-20(14-10-18)27(28,29)30)5-3-8-26(34)32-24-6-4-7-25-23(24)17-31-33-25/h3-17H,2H2,1H3,(H,31,33)(H,32,34)/b8-3+,22-5-. The average molecular weight is 477 g/mol. The zero-order valence-electron chi connectivity index (χ0n) is 18.8. The number of hydrogen-bond acceptors (Lipinski definition) is 3. The average Bonchev–Trinajstić information content (AvgIpc) is 3.32. The van der Waals surface area contributed by atoms with Crippen molar-refractivity contribution in [2.45, 2.75) is 13.1 Å². The summed E-state index contributed by atoms with van der Waals surface area (Å²) in [6, 6.07) is 17.6. The van der Waals surface area contributed by atoms with Crippen LogP contribution in [0.5, 0.6) is 5.75 Å². The Bertz CT molecular complexity index is 1370. The molecule has 0 fully saturated rings. The highest BCUT2D eigenvalue weighted by molar-refractivity contribution is 6.05. The lowest BCUT2D eigenvalue weighted by Crippen LogP contribution is -2.07. The van der Waals surface area contributed by atoms with Crippen molar-refractivity contribution in [1.82, 2.24) is 10.2 Å². The highest BCUT2D eigenvalue weighted by atomic mass is 19.4. The zero-order chi connectivity index (χ0) is 24.8. The number of nitrogens with zero attached hydrogens (tertiary/aromatic N) is 1. The number of anilines is 1. The van der Waals surface area contributed by atoms with Crippen LogP contribution in [0, 0.1) is 0 Å². The maximum Gasteiger partial charge on any atom is 0.416 e. The molecule has 0 saturated heterocycles. The minimum absolute atomic E-state index is 0.353. The van der Waals surface area contributed by atoms with Gasteiger partial charge in [-0.15, -0.1) is 0 Å². The van der Waals surface area contributed by atoms with E-state index in [-0.39, 0.29) is 5.91 Å². The van der Waals surface area contributed by atoms with Crippen LogP contribution in [0.25, 0.3) is 16.5 Å². The number of fused-ring (bicyclic) bond motifs is 1. The Hall–Kier alpha value is -4.33. The number of rotatable bonds is 7. The second-order valence-corrected chi connectivity index (χ2v) is 7.60. The maximum atomic E-state index is 13.0. The molecule has 35 heavy (non-hydrogen) atoms. The lowest BCUT2D eigenvalue weighted by atomic mass is 9.96. The molecule has 1 heterocycles. The highest BCUT2D eigenvalue weighted by Crippen LogP contribution is 2.32. The van der Waals surface area contributed by atoms with E-state index in [1.807, 2.05) is 25.1 Å². The van der Waals surface area contributed by atoms with Gasteiger partial charge >= 0.3 is 6.18 Å². The lowest BCUT2D eigenvalue weighted by Gasteiger charge is -2.12. The monoisotopic (exact) mass is 477 g/mol. The van der Waals surface area contributed by atoms with Crippen molar-refractivity contribution in [2.24, 2.45) is 0 Å². The van der Waals surface area contributed by atoms with E-state index >= 15 is 0 Å². The molecule has 1 amide bonds. The molecule has 3 aromatic carbocycles. The zero-order valence-corrected chi connectivity index (χ0v) is 18.8. The summed E-state index contributed by atoms with van der Waals surface area (Å²) in [5, 5.41) is 10.4. The number of allylic oxidation sites excluding steroid dienone is 2. The molecular weight excluding hydrogens is 455 g/mol. The molecule has 5 nitrogen and oxygen atoms in total. The highest BCUT2D eigenvalue weighted by Gasteiger charge is 2.30. The van der Waals surface area contributed by atoms with Gasteiger partial charge in [-0.25, -0.2) is 0 Å². The van der Waals surface area contributed by atoms with Gasteiger partial charge in [0, 0.05) is 11.5 Å². The van der Waals surface area contributed by atoms with Gasteiger partial charge in [-0.05, 0) is 60.0 Å². The number of benzene rings is 3. The smallest absolute Gasteiger partial charge is 0.416 e. The van der Waals surface area contributed by atoms with Gasteiger partial charge in [0.05, 0.1) is 29.6 Å². The summed E-state index contributed by atoms with van der Waals surface area (Å²) in [7, 11) is 0. The molecule has 4 rings (SSSR count). The first-order chi connectivity index (χ1) is 16.8. The number of ether oxygens (including phenoxy) is 1. The van der Waals surface area contributed by atoms with E-state index in [2.05, 4.69) is 15.5 Å². The number of aromatic nitrogens is 2. The topological polar surface area (TPSA) is 67.0 Å². The number of hydrogen-bond donors (Lipinski definition) is 2. The van der Waals surface area contributed by atoms with E-state index in [1.54, 1.807) is 42.6 Å². The first kappa shape index (κ1) is 23.8. The first-order valence-corrected chi connectivity index (χ1v) is 10.9. The van der Waals surface area contributed by atoms with Gasteiger partial charge in [0.25, 0.3) is 0 Å². The Balaban J connectivity index is 1.60. The second-order valence-electron chi connectivity index (χ2n) is 7.60. The Morgan fingerprint density at radius 1 is 1.03 bits per heavy atom. The number of aromatic amines is 1. The molecular formula is C27H22F3N3O2. The largest absolute Gasteiger partial charge is 0.494 e. The third-order valence-corrected chi connectivity index (χ3v) is 5.25. The molecule has 0 bridgehead atoms. The van der Waals surface area contributed by atoms with Crippen LogP contribution in [0.4, 0.5) is 18.9 Å². The van der Waals surface area contributed by atoms with Crippen molar-refractivity contribution in [3.8, 4) is 5.75 Å². The fraction of sp³-hybridized carbons (Fsp3) is 0.111. The van der Waals surface area contributed by atoms with Crippen molar-refractivity contribution in [3.63, 3.8) is 0 Å². The van der Waals surface area contributed by atoms with Crippen molar-refractivity contribution in [1.29, 1.82) is 0 Å². The summed E-state index contributed by atoms with van der Waals surface area (Å²) in [4.78, 5) is 12.5. The summed E-state index contributed by atoms with van der Waals surface area (Å²) in [6.07, 6.45) is 1.82. The van der Waals surface area contributed by atoms with E-state index in [4.69, 9.17) is 4.74 Å². The molecule has 0 radical (unpaired) electrons. The molecule has 2 N–H and O–H groups in total. The van der Waals surface area contributed by atoms with Crippen molar-refractivity contribution >= 4 is 28.1 Å². The Kier molecular flexibility index (Phi) is 7.01. The number of halogens is 3. The van der Waals surface area contributed by atoms with Crippen LogP contribution in [-0.2, 0) is 11.0 Å². The van der Waals surface area contributed by atoms with Crippen LogP contribution in [0.2, 0.25) is 0 Å². The maximum absolute atomic E-state index is 13.0. The van der Waals surface area contributed by atoms with Gasteiger partial charge in [0.2, 0.25) is 5.91 Å². The quantitative estimate of drug-likeness (QED) is 0.233. The van der Waals surface area contributed by atoms with Gasteiger partial charge in [0.15, 0.2) is 0 Å². The third kappa shape index (κ3) is 5.78. The molecule has 4 aromatic rings. The summed E-state index contributed by atoms with van der Waals surface area (Å²) in [5.41, 5.74) is 2.69. The number of carbonyl (C=O) groups excluding carboxylic acids is 1. The van der Waals surface area contributed by atoms with Gasteiger partial charge in [-0.2, -0.15) is 18.3 Å². The van der Waals surface area contributed by atoms with Crippen molar-refractivity contribution in [2.75, 3.05) is 11.9 Å². The Morgan fingerprint density at radius 2 is 1.71 bits per heavy atom. The fourth-order valence-corrected chi connectivity index (χ4v) is 3.58. The van der Waals surface area contributed by atoms with Crippen LogP contribution in [0.15, 0.2) is 91.2 Å². The predicted octanol–water partition coefficient (Wildman–Crippen LogP) is 6.61. The van der Waals surface area contributed by atoms with Gasteiger partial charge in [-0.1, -0.05) is 42.5 Å². The molecule has 0 aliphatic rings. The number of H-pyrrole nitrogens is 1. The molecule has 0 aliphatic carbocycles. The molecule has 0 saturated carbocycles. The van der Waals surface area contributed by atoms with E-state index in [1.165, 1.54) is 18.2 Å². The van der Waals surface area contributed by atoms with Crippen LogP contribution in [0.3, 0.4) is 0 Å². The number of nitrogens with one attached hydrogen (secondary N) is 2. The van der Waals surface area contributed by atoms with Crippen molar-refractivity contribution < 1.29 is 22.7 Å². The molecule has 0 atom stereocenters. The summed E-state index contributed by atoms with van der Waals surface area (Å²) < 4.78 is 44.5. The predicted molar refractivity (Wildman–Crippen MR) is 130 cm³/mol. The Labute approximate surface area is 199 Å². The van der Waals surface area contributed by atoms with Crippen LogP contribution in [-0.4, -0.2) is 22.7 Å². The summed E-state index contributed by atoms with van der Waals surface area (Å²) in [5.74, 6) is 0.333. The molecule has 0 aliphatic heterocycles.